The molecule has 2 heterocycles. The van der Waals surface area contributed by atoms with E-state index < -0.39 is 0 Å². The van der Waals surface area contributed by atoms with Crippen molar-refractivity contribution in [3.05, 3.63) is 58.7 Å². The number of benzene rings is 1. The molecule has 0 aliphatic carbocycles. The van der Waals surface area contributed by atoms with E-state index in [1.807, 2.05) is 29.2 Å². The molecule has 1 amide bonds. The Morgan fingerprint density at radius 3 is 3.04 bits per heavy atom. The van der Waals surface area contributed by atoms with E-state index in [1.54, 1.807) is 25.4 Å². The Kier molecular flexibility index (Phi) is 5.33. The van der Waals surface area contributed by atoms with E-state index in [9.17, 15) is 4.79 Å². The van der Waals surface area contributed by atoms with Gasteiger partial charge in [-0.25, -0.2) is 4.98 Å². The fourth-order valence-electron chi connectivity index (χ4n) is 2.82. The molecule has 0 unspecified atom stereocenters. The number of nitrogens with one attached hydrogen (secondary N) is 1. The summed E-state index contributed by atoms with van der Waals surface area (Å²) in [6.07, 6.45) is 2.29. The normalized spacial score (nSPS) is 17.6. The molecule has 0 spiro atoms. The molecule has 6 heteroatoms. The van der Waals surface area contributed by atoms with Crippen molar-refractivity contribution in [3.63, 3.8) is 0 Å². The van der Waals surface area contributed by atoms with Crippen LogP contribution in [0.3, 0.4) is 0 Å². The van der Waals surface area contributed by atoms with Gasteiger partial charge < -0.3 is 15.0 Å². The molecular weight excluding hydrogens is 326 g/mol. The molecule has 24 heavy (non-hydrogen) atoms. The zero-order valence-electron chi connectivity index (χ0n) is 13.5. The molecule has 5 nitrogen and oxygen atoms in total. The maximum absolute atomic E-state index is 12.7. The standard InChI is InChI=1S/C18H20ClN3O2/c1-20-17-11-14(6-7-21-17)18(23)22-8-9-24-15(12-22)10-13-4-2-3-5-16(13)19/h2-7,11,15H,8-10,12H2,1H3,(H,20,21)/t15-/m0/s1. The van der Waals surface area contributed by atoms with Gasteiger partial charge in [0.2, 0.25) is 0 Å². The number of pyridine rings is 1. The average Bonchev–Trinajstić information content (AvgIpc) is 2.63. The monoisotopic (exact) mass is 345 g/mol. The summed E-state index contributed by atoms with van der Waals surface area (Å²) in [7, 11) is 1.78. The number of anilines is 1. The van der Waals surface area contributed by atoms with E-state index in [2.05, 4.69) is 10.3 Å². The van der Waals surface area contributed by atoms with Gasteiger partial charge in [-0.1, -0.05) is 29.8 Å². The van der Waals surface area contributed by atoms with Gasteiger partial charge in [0.1, 0.15) is 5.82 Å². The highest BCUT2D eigenvalue weighted by Gasteiger charge is 2.25. The Morgan fingerprint density at radius 2 is 2.25 bits per heavy atom. The number of ether oxygens (including phenoxy) is 1. The molecule has 1 atom stereocenters. The quantitative estimate of drug-likeness (QED) is 0.925. The summed E-state index contributed by atoms with van der Waals surface area (Å²) in [4.78, 5) is 18.7. The van der Waals surface area contributed by atoms with E-state index >= 15 is 0 Å². The molecule has 1 aromatic carbocycles. The highest BCUT2D eigenvalue weighted by atomic mass is 35.5. The Labute approximate surface area is 146 Å². The molecular formula is C18H20ClN3O2. The Bertz CT molecular complexity index is 723. The molecule has 1 N–H and O–H groups in total. The maximum atomic E-state index is 12.7. The average molecular weight is 346 g/mol. The van der Waals surface area contributed by atoms with Gasteiger partial charge >= 0.3 is 0 Å². The largest absolute Gasteiger partial charge is 0.374 e. The first-order valence-corrected chi connectivity index (χ1v) is 8.33. The van der Waals surface area contributed by atoms with Gasteiger partial charge in [-0.15, -0.1) is 0 Å². The third kappa shape index (κ3) is 3.86. The maximum Gasteiger partial charge on any atom is 0.254 e. The molecule has 1 fully saturated rings. The predicted octanol–water partition coefficient (Wildman–Crippen LogP) is 2.86. The number of amides is 1. The molecule has 3 rings (SSSR count). The number of morpholine rings is 1. The zero-order chi connectivity index (χ0) is 16.9. The third-order valence-electron chi connectivity index (χ3n) is 4.09. The molecule has 0 bridgehead atoms. The molecule has 1 aromatic heterocycles. The van der Waals surface area contributed by atoms with Crippen LogP contribution in [-0.4, -0.2) is 48.6 Å². The van der Waals surface area contributed by atoms with E-state index in [0.29, 0.717) is 37.5 Å². The molecule has 0 radical (unpaired) electrons. The lowest BCUT2D eigenvalue weighted by Crippen LogP contribution is -2.46. The highest BCUT2D eigenvalue weighted by molar-refractivity contribution is 6.31. The lowest BCUT2D eigenvalue weighted by atomic mass is 10.1. The number of aromatic nitrogens is 1. The Balaban J connectivity index is 1.68. The van der Waals surface area contributed by atoms with Crippen molar-refractivity contribution in [1.82, 2.24) is 9.88 Å². The van der Waals surface area contributed by atoms with Gasteiger partial charge in [0.15, 0.2) is 0 Å². The van der Waals surface area contributed by atoms with Crippen molar-refractivity contribution in [2.45, 2.75) is 12.5 Å². The van der Waals surface area contributed by atoms with Crippen LogP contribution in [0.2, 0.25) is 5.02 Å². The minimum Gasteiger partial charge on any atom is -0.374 e. The van der Waals surface area contributed by atoms with Crippen LogP contribution in [0, 0.1) is 0 Å². The second kappa shape index (κ2) is 7.64. The zero-order valence-corrected chi connectivity index (χ0v) is 14.3. The van der Waals surface area contributed by atoms with Crippen molar-refractivity contribution in [1.29, 1.82) is 0 Å². The fourth-order valence-corrected chi connectivity index (χ4v) is 3.03. The van der Waals surface area contributed by atoms with Crippen molar-refractivity contribution >= 4 is 23.3 Å². The second-order valence-corrected chi connectivity index (χ2v) is 6.13. The number of halogens is 1. The van der Waals surface area contributed by atoms with Crippen molar-refractivity contribution < 1.29 is 9.53 Å². The van der Waals surface area contributed by atoms with Gasteiger partial charge in [-0.05, 0) is 23.8 Å². The molecule has 126 valence electrons. The number of hydrogen-bond acceptors (Lipinski definition) is 4. The lowest BCUT2D eigenvalue weighted by molar-refractivity contribution is -0.0208. The first-order valence-electron chi connectivity index (χ1n) is 7.95. The van der Waals surface area contributed by atoms with Crippen LogP contribution in [0.25, 0.3) is 0 Å². The molecule has 2 aromatic rings. The minimum absolute atomic E-state index is 0.00126. The topological polar surface area (TPSA) is 54.5 Å². The fraction of sp³-hybridized carbons (Fsp3) is 0.333. The van der Waals surface area contributed by atoms with Crippen LogP contribution in [-0.2, 0) is 11.2 Å². The number of nitrogens with zero attached hydrogens (tertiary/aromatic N) is 2. The minimum atomic E-state index is -0.0480. The van der Waals surface area contributed by atoms with Crippen LogP contribution in [0.5, 0.6) is 0 Å². The smallest absolute Gasteiger partial charge is 0.254 e. The second-order valence-electron chi connectivity index (χ2n) is 5.72. The summed E-state index contributed by atoms with van der Waals surface area (Å²) in [5.74, 6) is 0.683. The van der Waals surface area contributed by atoms with E-state index in [4.69, 9.17) is 16.3 Å². The summed E-state index contributed by atoms with van der Waals surface area (Å²) in [5.41, 5.74) is 1.67. The van der Waals surface area contributed by atoms with Crippen molar-refractivity contribution in [2.24, 2.45) is 0 Å². The summed E-state index contributed by atoms with van der Waals surface area (Å²) < 4.78 is 5.82. The first-order chi connectivity index (χ1) is 11.7. The predicted molar refractivity (Wildman–Crippen MR) is 94.6 cm³/mol. The van der Waals surface area contributed by atoms with Gasteiger partial charge in [-0.2, -0.15) is 0 Å². The summed E-state index contributed by atoms with van der Waals surface area (Å²) >= 11 is 6.22. The Morgan fingerprint density at radius 1 is 1.42 bits per heavy atom. The summed E-state index contributed by atoms with van der Waals surface area (Å²) in [6.45, 7) is 1.68. The highest BCUT2D eigenvalue weighted by Crippen LogP contribution is 2.20. The Hall–Kier alpha value is -2.11. The summed E-state index contributed by atoms with van der Waals surface area (Å²) in [6, 6.07) is 11.2. The molecule has 0 saturated carbocycles. The number of carbonyl (C=O) groups is 1. The molecule has 1 aliphatic rings. The number of carbonyl (C=O) groups excluding carboxylic acids is 1. The van der Waals surface area contributed by atoms with Crippen LogP contribution in [0.4, 0.5) is 5.82 Å². The first kappa shape index (κ1) is 16.7. The SMILES string of the molecule is CNc1cc(C(=O)N2CCO[C@@H](Cc3ccccc3Cl)C2)ccn1. The number of rotatable bonds is 4. The van der Waals surface area contributed by atoms with E-state index in [-0.39, 0.29) is 12.0 Å². The molecule has 1 saturated heterocycles. The van der Waals surface area contributed by atoms with Crippen LogP contribution in [0.1, 0.15) is 15.9 Å². The van der Waals surface area contributed by atoms with Crippen LogP contribution in [0.15, 0.2) is 42.6 Å². The van der Waals surface area contributed by atoms with Gasteiger partial charge in [0.05, 0.1) is 12.7 Å². The van der Waals surface area contributed by atoms with Gasteiger partial charge in [0, 0.05) is 43.3 Å². The van der Waals surface area contributed by atoms with Crippen LogP contribution >= 0.6 is 11.6 Å². The van der Waals surface area contributed by atoms with Crippen LogP contribution < -0.4 is 5.32 Å². The third-order valence-corrected chi connectivity index (χ3v) is 4.46. The lowest BCUT2D eigenvalue weighted by Gasteiger charge is -2.33. The summed E-state index contributed by atoms with van der Waals surface area (Å²) in [5, 5.41) is 3.69. The molecule has 1 aliphatic heterocycles. The van der Waals surface area contributed by atoms with Crippen molar-refractivity contribution in [2.75, 3.05) is 32.1 Å². The van der Waals surface area contributed by atoms with Gasteiger partial charge in [0.25, 0.3) is 5.91 Å². The number of hydrogen-bond donors (Lipinski definition) is 1. The van der Waals surface area contributed by atoms with E-state index in [1.165, 1.54) is 0 Å². The van der Waals surface area contributed by atoms with Crippen molar-refractivity contribution in [3.8, 4) is 0 Å². The van der Waals surface area contributed by atoms with Gasteiger partial charge in [-0.3, -0.25) is 4.79 Å². The van der Waals surface area contributed by atoms with E-state index in [0.717, 1.165) is 10.6 Å².